The minimum Gasteiger partial charge on any atom is -0.394 e. The third-order valence-corrected chi connectivity index (χ3v) is 4.59. The van der Waals surface area contributed by atoms with E-state index < -0.39 is 42.4 Å². The van der Waals surface area contributed by atoms with Crippen LogP contribution in [0.2, 0.25) is 0 Å². The van der Waals surface area contributed by atoms with Gasteiger partial charge in [-0.15, -0.1) is 0 Å². The smallest absolute Gasteiger partial charge is 0.333 e. The lowest BCUT2D eigenvalue weighted by molar-refractivity contribution is -0.0556. The average Bonchev–Trinajstić information content (AvgIpc) is 2.90. The van der Waals surface area contributed by atoms with Gasteiger partial charge in [0.15, 0.2) is 6.23 Å². The number of aliphatic hydroxyl groups is 3. The molecule has 2 heterocycles. The van der Waals surface area contributed by atoms with Crippen molar-refractivity contribution in [3.05, 3.63) is 68.5 Å². The molecule has 0 aliphatic carbocycles. The van der Waals surface area contributed by atoms with Crippen LogP contribution in [0.5, 0.6) is 0 Å². The van der Waals surface area contributed by atoms with Gasteiger partial charge in [-0.3, -0.25) is 13.9 Å². The molecule has 0 unspecified atom stereocenters. The number of rotatable bonds is 5. The maximum atomic E-state index is 12.7. The lowest BCUT2D eigenvalue weighted by Crippen LogP contribution is -2.43. The molecule has 1 aliphatic rings. The summed E-state index contributed by atoms with van der Waals surface area (Å²) in [4.78, 5) is 24.8. The van der Waals surface area contributed by atoms with Gasteiger partial charge in [0.1, 0.15) is 18.3 Å². The van der Waals surface area contributed by atoms with Crippen molar-refractivity contribution in [1.82, 2.24) is 9.13 Å². The molecule has 1 saturated heterocycles. The molecule has 8 nitrogen and oxygen atoms in total. The fourth-order valence-electron chi connectivity index (χ4n) is 3.15. The van der Waals surface area contributed by atoms with Gasteiger partial charge in [-0.25, -0.2) is 4.79 Å². The molecule has 0 spiro atoms. The molecule has 0 amide bonds. The van der Waals surface area contributed by atoms with E-state index in [2.05, 4.69) is 0 Å². The highest BCUT2D eigenvalue weighted by Gasteiger charge is 2.43. The van der Waals surface area contributed by atoms with Crippen LogP contribution in [0.1, 0.15) is 17.4 Å². The summed E-state index contributed by atoms with van der Waals surface area (Å²) < 4.78 is 7.51. The second kappa shape index (κ2) is 7.55. The van der Waals surface area contributed by atoms with Crippen molar-refractivity contribution in [3.63, 3.8) is 0 Å². The Labute approximate surface area is 149 Å². The first-order chi connectivity index (χ1) is 12.4. The Hall–Kier alpha value is -2.26. The Balaban J connectivity index is 1.87. The van der Waals surface area contributed by atoms with Crippen molar-refractivity contribution in [2.45, 2.75) is 44.4 Å². The van der Waals surface area contributed by atoms with Gasteiger partial charge in [0.05, 0.1) is 6.61 Å². The van der Waals surface area contributed by atoms with E-state index in [1.54, 1.807) is 0 Å². The molecule has 0 saturated carbocycles. The molecule has 0 bridgehead atoms. The Morgan fingerprint density at radius 3 is 2.58 bits per heavy atom. The van der Waals surface area contributed by atoms with E-state index in [0.29, 0.717) is 6.42 Å². The van der Waals surface area contributed by atoms with Crippen LogP contribution in [0, 0.1) is 6.92 Å². The normalized spacial score (nSPS) is 25.5. The summed E-state index contributed by atoms with van der Waals surface area (Å²) in [6.45, 7) is 1.65. The summed E-state index contributed by atoms with van der Waals surface area (Å²) in [6, 6.07) is 9.00. The molecule has 2 aromatic rings. The number of hydrogen-bond acceptors (Lipinski definition) is 6. The van der Waals surface area contributed by atoms with Gasteiger partial charge in [0.25, 0.3) is 5.56 Å². The minimum atomic E-state index is -1.38. The summed E-state index contributed by atoms with van der Waals surface area (Å²) >= 11 is 0. The first-order valence-corrected chi connectivity index (χ1v) is 8.42. The molecule has 3 N–H and O–H groups in total. The fourth-order valence-corrected chi connectivity index (χ4v) is 3.15. The van der Waals surface area contributed by atoms with Crippen molar-refractivity contribution in [2.24, 2.45) is 0 Å². The minimum absolute atomic E-state index is 0.177. The second-order valence-corrected chi connectivity index (χ2v) is 6.46. The molecular weight excluding hydrogens is 340 g/mol. The molecule has 1 aromatic heterocycles. The third kappa shape index (κ3) is 3.49. The van der Waals surface area contributed by atoms with E-state index in [1.807, 2.05) is 31.2 Å². The van der Waals surface area contributed by atoms with Crippen molar-refractivity contribution in [2.75, 3.05) is 6.61 Å². The molecule has 4 atom stereocenters. The molecule has 1 aromatic carbocycles. The highest BCUT2D eigenvalue weighted by Crippen LogP contribution is 2.27. The topological polar surface area (TPSA) is 114 Å². The van der Waals surface area contributed by atoms with E-state index in [-0.39, 0.29) is 6.54 Å². The van der Waals surface area contributed by atoms with Gasteiger partial charge in [0, 0.05) is 18.8 Å². The number of aromatic nitrogens is 2. The molecule has 140 valence electrons. The summed E-state index contributed by atoms with van der Waals surface area (Å²) in [5.41, 5.74) is 0.997. The van der Waals surface area contributed by atoms with Crippen LogP contribution in [-0.4, -0.2) is 49.4 Å². The van der Waals surface area contributed by atoms with Gasteiger partial charge in [-0.2, -0.15) is 0 Å². The number of aliphatic hydroxyl groups excluding tert-OH is 3. The number of hydrogen-bond donors (Lipinski definition) is 3. The van der Waals surface area contributed by atoms with E-state index in [1.165, 1.54) is 12.3 Å². The zero-order valence-electron chi connectivity index (χ0n) is 14.4. The Morgan fingerprint density at radius 1 is 1.15 bits per heavy atom. The maximum absolute atomic E-state index is 12.7. The van der Waals surface area contributed by atoms with Crippen LogP contribution >= 0.6 is 0 Å². The maximum Gasteiger partial charge on any atom is 0.333 e. The predicted molar refractivity (Wildman–Crippen MR) is 92.9 cm³/mol. The molecular formula is C18H22N2O6. The summed E-state index contributed by atoms with van der Waals surface area (Å²) in [5, 5.41) is 29.1. The first kappa shape index (κ1) is 18.5. The average molecular weight is 362 g/mol. The SMILES string of the molecule is Cc1cccc(CCn2c(=O)ccn([C@@H]3O[C@H](CO)[C@@H](O)[C@H]3O)c2=O)c1. The van der Waals surface area contributed by atoms with Crippen LogP contribution in [-0.2, 0) is 17.7 Å². The molecule has 1 aliphatic heterocycles. The van der Waals surface area contributed by atoms with Crippen LogP contribution in [0.15, 0.2) is 46.1 Å². The zero-order chi connectivity index (χ0) is 18.8. The largest absolute Gasteiger partial charge is 0.394 e. The first-order valence-electron chi connectivity index (χ1n) is 8.42. The quantitative estimate of drug-likeness (QED) is 0.640. The van der Waals surface area contributed by atoms with Crippen molar-refractivity contribution in [3.8, 4) is 0 Å². The van der Waals surface area contributed by atoms with Gasteiger partial charge in [0.2, 0.25) is 0 Å². The summed E-state index contributed by atoms with van der Waals surface area (Å²) in [7, 11) is 0. The van der Waals surface area contributed by atoms with Gasteiger partial charge >= 0.3 is 5.69 Å². The molecule has 1 fully saturated rings. The number of benzene rings is 1. The Kier molecular flexibility index (Phi) is 5.38. The molecule has 8 heteroatoms. The number of aryl methyl sites for hydroxylation is 2. The van der Waals surface area contributed by atoms with E-state index in [4.69, 9.17) is 4.74 Å². The molecule has 26 heavy (non-hydrogen) atoms. The lowest BCUT2D eigenvalue weighted by Gasteiger charge is -2.18. The zero-order valence-corrected chi connectivity index (χ0v) is 14.4. The molecule has 3 rings (SSSR count). The van der Waals surface area contributed by atoms with Gasteiger partial charge in [-0.1, -0.05) is 29.8 Å². The number of ether oxygens (including phenoxy) is 1. The van der Waals surface area contributed by atoms with Crippen molar-refractivity contribution in [1.29, 1.82) is 0 Å². The predicted octanol–water partition coefficient (Wildman–Crippen LogP) is -0.827. The van der Waals surface area contributed by atoms with E-state index in [9.17, 15) is 24.9 Å². The summed E-state index contributed by atoms with van der Waals surface area (Å²) in [5.74, 6) is 0. The van der Waals surface area contributed by atoms with Crippen LogP contribution in [0.25, 0.3) is 0 Å². The molecule has 0 radical (unpaired) electrons. The Bertz CT molecular complexity index is 890. The second-order valence-electron chi connectivity index (χ2n) is 6.46. The van der Waals surface area contributed by atoms with Crippen molar-refractivity contribution < 1.29 is 20.1 Å². The third-order valence-electron chi connectivity index (χ3n) is 4.59. The summed E-state index contributed by atoms with van der Waals surface area (Å²) in [6.07, 6.45) is -3.13. The highest BCUT2D eigenvalue weighted by molar-refractivity contribution is 5.22. The van der Waals surface area contributed by atoms with Gasteiger partial charge in [-0.05, 0) is 18.9 Å². The fraction of sp³-hybridized carbons (Fsp3) is 0.444. The standard InChI is InChI=1S/C18H22N2O6/c1-11-3-2-4-12(9-11)5-7-19-14(22)6-8-20(18(19)25)17-16(24)15(23)13(10-21)26-17/h2-4,6,8-9,13,15-17,21,23-24H,5,7,10H2,1H3/t13-,15-,16-,17-/m1/s1. The van der Waals surface area contributed by atoms with Crippen LogP contribution in [0.3, 0.4) is 0 Å². The van der Waals surface area contributed by atoms with Crippen LogP contribution < -0.4 is 11.2 Å². The van der Waals surface area contributed by atoms with Crippen LogP contribution in [0.4, 0.5) is 0 Å². The van der Waals surface area contributed by atoms with Gasteiger partial charge < -0.3 is 20.1 Å². The van der Waals surface area contributed by atoms with Crippen molar-refractivity contribution >= 4 is 0 Å². The highest BCUT2D eigenvalue weighted by atomic mass is 16.6. The van der Waals surface area contributed by atoms with E-state index in [0.717, 1.165) is 20.3 Å². The lowest BCUT2D eigenvalue weighted by atomic mass is 10.1. The van der Waals surface area contributed by atoms with E-state index >= 15 is 0 Å². The number of nitrogens with zero attached hydrogens (tertiary/aromatic N) is 2. The monoisotopic (exact) mass is 362 g/mol. The Morgan fingerprint density at radius 2 is 1.92 bits per heavy atom.